The maximum atomic E-state index is 5.15. The predicted molar refractivity (Wildman–Crippen MR) is 242 cm³/mol. The molecule has 2 heterocycles. The Morgan fingerprint density at radius 3 is 1.47 bits per heavy atom. The topological polar surface area (TPSA) is 64.5 Å². The summed E-state index contributed by atoms with van der Waals surface area (Å²) in [7, 11) is 0. The van der Waals surface area contributed by atoms with E-state index in [4.69, 9.17) is 15.0 Å². The molecule has 6 aromatic carbocycles. The molecule has 282 valence electrons. The van der Waals surface area contributed by atoms with E-state index in [1.165, 1.54) is 5.57 Å². The zero-order valence-electron chi connectivity index (χ0n) is 33.0. The summed E-state index contributed by atoms with van der Waals surface area (Å²) in [6.45, 7) is 8.30. The van der Waals surface area contributed by atoms with Crippen molar-refractivity contribution in [2.24, 2.45) is 0 Å². The largest absolute Gasteiger partial charge is 0.233 e. The number of hydrogen-bond donors (Lipinski definition) is 0. The van der Waals surface area contributed by atoms with Crippen LogP contribution in [0.2, 0.25) is 0 Å². The number of fused-ring (bicyclic) bond motifs is 1. The quantitative estimate of drug-likeness (QED) is 0.162. The first-order chi connectivity index (χ1) is 28.9. The Kier molecular flexibility index (Phi) is 10.3. The summed E-state index contributed by atoms with van der Waals surface area (Å²) < 4.78 is 0. The minimum atomic E-state index is 0.609. The number of rotatable bonds is 7. The molecule has 0 unspecified atom stereocenters. The van der Waals surface area contributed by atoms with Gasteiger partial charge < -0.3 is 0 Å². The van der Waals surface area contributed by atoms with Gasteiger partial charge in [-0.25, -0.2) is 24.9 Å². The molecule has 0 aliphatic heterocycles. The van der Waals surface area contributed by atoms with Crippen molar-refractivity contribution in [3.8, 4) is 67.8 Å². The van der Waals surface area contributed by atoms with Gasteiger partial charge in [-0.15, -0.1) is 0 Å². The molecular weight excluding hydrogens is 719 g/mol. The summed E-state index contributed by atoms with van der Waals surface area (Å²) in [4.78, 5) is 24.6. The first-order valence-electron chi connectivity index (χ1n) is 19.8. The smallest absolute Gasteiger partial charge is 0.164 e. The molecule has 59 heavy (non-hydrogen) atoms. The standard InChI is InChI=1S/C54H41N5/c1-36-15-7-4-12-21-50(49-22-14-13-20-45(49)31-36)47-33-46(41-25-23-39(24-26-41)40-27-29-44(30-28-40)51-55-37(2)32-38(3)56-51)34-48(35-47)54-58-52(42-16-8-5-9-17-42)57-53(59-54)43-18-10-6-11-19-43/h4-20,22-35H,1,21H2,2-3H3/b12-4-,15-7-,45-31-,50-49+. The van der Waals surface area contributed by atoms with Crippen molar-refractivity contribution in [1.82, 2.24) is 24.9 Å². The predicted octanol–water partition coefficient (Wildman–Crippen LogP) is 11.3. The SMILES string of the molecule is C=C1/C=C\C=C/C/C(c2cc(-c3ccc(-c4ccc(-c5nc(C)cc(C)n5)cc4)cc3)cc(-c3nc(-c4ccccc4)nc(-c4ccccc4)n3)c2)=c2/cccc/c2=C/1. The number of allylic oxidation sites excluding steroid dienone is 5. The molecule has 0 atom stereocenters. The first kappa shape index (κ1) is 37.0. The Labute approximate surface area is 344 Å². The lowest BCUT2D eigenvalue weighted by Crippen LogP contribution is -2.27. The average molecular weight is 760 g/mol. The van der Waals surface area contributed by atoms with Crippen LogP contribution < -0.4 is 10.4 Å². The highest BCUT2D eigenvalue weighted by molar-refractivity contribution is 5.81. The van der Waals surface area contributed by atoms with Gasteiger partial charge in [-0.3, -0.25) is 0 Å². The van der Waals surface area contributed by atoms with Crippen molar-refractivity contribution in [2.45, 2.75) is 20.3 Å². The lowest BCUT2D eigenvalue weighted by atomic mass is 9.91. The third-order valence-electron chi connectivity index (χ3n) is 10.4. The molecule has 1 aliphatic carbocycles. The highest BCUT2D eigenvalue weighted by Crippen LogP contribution is 2.34. The fraction of sp³-hybridized carbons (Fsp3) is 0.0556. The van der Waals surface area contributed by atoms with Crippen LogP contribution in [0.25, 0.3) is 79.5 Å². The molecular formula is C54H41N5. The van der Waals surface area contributed by atoms with E-state index < -0.39 is 0 Å². The summed E-state index contributed by atoms with van der Waals surface area (Å²) in [5.74, 6) is 2.61. The molecule has 0 saturated heterocycles. The molecule has 9 rings (SSSR count). The van der Waals surface area contributed by atoms with Crippen LogP contribution in [0, 0.1) is 13.8 Å². The van der Waals surface area contributed by atoms with Gasteiger partial charge in [-0.2, -0.15) is 0 Å². The highest BCUT2D eigenvalue weighted by atomic mass is 15.0. The lowest BCUT2D eigenvalue weighted by molar-refractivity contribution is 1.06. The maximum Gasteiger partial charge on any atom is 0.164 e. The Morgan fingerprint density at radius 2 is 0.864 bits per heavy atom. The van der Waals surface area contributed by atoms with Crippen LogP contribution in [-0.2, 0) is 0 Å². The molecule has 5 nitrogen and oxygen atoms in total. The van der Waals surface area contributed by atoms with Crippen molar-refractivity contribution in [3.63, 3.8) is 0 Å². The minimum absolute atomic E-state index is 0.609. The van der Waals surface area contributed by atoms with Crippen LogP contribution in [0.3, 0.4) is 0 Å². The van der Waals surface area contributed by atoms with Gasteiger partial charge in [0.15, 0.2) is 23.3 Å². The van der Waals surface area contributed by atoms with E-state index in [-0.39, 0.29) is 0 Å². The molecule has 0 bridgehead atoms. The van der Waals surface area contributed by atoms with Crippen LogP contribution in [0.15, 0.2) is 194 Å². The lowest BCUT2D eigenvalue weighted by Gasteiger charge is -2.15. The molecule has 8 aromatic rings. The van der Waals surface area contributed by atoms with Crippen LogP contribution in [0.1, 0.15) is 23.4 Å². The monoisotopic (exact) mass is 759 g/mol. The number of aromatic nitrogens is 5. The second-order valence-electron chi connectivity index (χ2n) is 14.7. The maximum absolute atomic E-state index is 5.15. The fourth-order valence-corrected chi connectivity index (χ4v) is 7.53. The summed E-state index contributed by atoms with van der Waals surface area (Å²) in [5.41, 5.74) is 13.3. The third-order valence-corrected chi connectivity index (χ3v) is 10.4. The second-order valence-corrected chi connectivity index (χ2v) is 14.7. The highest BCUT2D eigenvalue weighted by Gasteiger charge is 2.16. The summed E-state index contributed by atoms with van der Waals surface area (Å²) in [6, 6.07) is 54.8. The Balaban J connectivity index is 1.20. The van der Waals surface area contributed by atoms with Crippen LogP contribution in [0.4, 0.5) is 0 Å². The van der Waals surface area contributed by atoms with E-state index in [1.54, 1.807) is 0 Å². The van der Waals surface area contributed by atoms with Crippen LogP contribution in [0.5, 0.6) is 0 Å². The van der Waals surface area contributed by atoms with Gasteiger partial charge in [0.05, 0.1) is 0 Å². The number of aryl methyl sites for hydroxylation is 2. The van der Waals surface area contributed by atoms with Gasteiger partial charge in [-0.1, -0.05) is 164 Å². The molecule has 5 heteroatoms. The van der Waals surface area contributed by atoms with Crippen molar-refractivity contribution in [3.05, 3.63) is 222 Å². The molecule has 0 spiro atoms. The Hall–Kier alpha value is -7.63. The molecule has 0 fully saturated rings. The second kappa shape index (κ2) is 16.5. The Morgan fingerprint density at radius 1 is 0.407 bits per heavy atom. The van der Waals surface area contributed by atoms with E-state index in [9.17, 15) is 0 Å². The van der Waals surface area contributed by atoms with Crippen molar-refractivity contribution in [2.75, 3.05) is 0 Å². The number of nitrogens with zero attached hydrogens (tertiary/aromatic N) is 5. The van der Waals surface area contributed by atoms with E-state index in [2.05, 4.69) is 132 Å². The van der Waals surface area contributed by atoms with Crippen molar-refractivity contribution >= 4 is 11.6 Å². The first-order valence-corrected chi connectivity index (χ1v) is 19.8. The van der Waals surface area contributed by atoms with Gasteiger partial charge in [0.25, 0.3) is 0 Å². The molecule has 0 saturated carbocycles. The molecule has 0 N–H and O–H groups in total. The normalized spacial score (nSPS) is 15.1. The number of hydrogen-bond acceptors (Lipinski definition) is 5. The van der Waals surface area contributed by atoms with Gasteiger partial charge in [0.1, 0.15) is 0 Å². The molecule has 0 radical (unpaired) electrons. The summed E-state index contributed by atoms with van der Waals surface area (Å²) in [5, 5.41) is 2.28. The Bertz CT molecular complexity index is 2940. The van der Waals surface area contributed by atoms with E-state index in [1.807, 2.05) is 86.7 Å². The van der Waals surface area contributed by atoms with Crippen molar-refractivity contribution in [1.29, 1.82) is 0 Å². The zero-order chi connectivity index (χ0) is 40.1. The van der Waals surface area contributed by atoms with E-state index in [0.717, 1.165) is 89.7 Å². The number of benzene rings is 6. The van der Waals surface area contributed by atoms with Crippen molar-refractivity contribution < 1.29 is 0 Å². The average Bonchev–Trinajstić information content (AvgIpc) is 3.28. The zero-order valence-corrected chi connectivity index (χ0v) is 33.0. The molecule has 1 aliphatic rings. The summed E-state index contributed by atoms with van der Waals surface area (Å²) >= 11 is 0. The van der Waals surface area contributed by atoms with Crippen LogP contribution >= 0.6 is 0 Å². The van der Waals surface area contributed by atoms with Gasteiger partial charge >= 0.3 is 0 Å². The van der Waals surface area contributed by atoms with Gasteiger partial charge in [0.2, 0.25) is 0 Å². The van der Waals surface area contributed by atoms with E-state index in [0.29, 0.717) is 17.5 Å². The van der Waals surface area contributed by atoms with Gasteiger partial charge in [0, 0.05) is 33.6 Å². The summed E-state index contributed by atoms with van der Waals surface area (Å²) in [6.07, 6.45) is 11.3. The van der Waals surface area contributed by atoms with E-state index >= 15 is 0 Å². The fourth-order valence-electron chi connectivity index (χ4n) is 7.53. The third kappa shape index (κ3) is 8.27. The minimum Gasteiger partial charge on any atom is -0.233 e. The van der Waals surface area contributed by atoms with Gasteiger partial charge in [-0.05, 0) is 100 Å². The molecule has 0 amide bonds. The molecule has 2 aromatic heterocycles. The van der Waals surface area contributed by atoms with Crippen LogP contribution in [-0.4, -0.2) is 24.9 Å².